The Morgan fingerprint density at radius 3 is 2.86 bits per heavy atom. The molecule has 0 spiro atoms. The van der Waals surface area contributed by atoms with Crippen molar-refractivity contribution in [3.05, 3.63) is 29.6 Å². The summed E-state index contributed by atoms with van der Waals surface area (Å²) >= 11 is 0. The van der Waals surface area contributed by atoms with Gasteiger partial charge in [-0.25, -0.2) is 4.39 Å². The molecule has 5 nitrogen and oxygen atoms in total. The molecule has 122 valence electrons. The van der Waals surface area contributed by atoms with E-state index in [2.05, 4.69) is 15.5 Å². The summed E-state index contributed by atoms with van der Waals surface area (Å²) in [5, 5.41) is 15.1. The van der Waals surface area contributed by atoms with Crippen molar-refractivity contribution >= 4 is 11.6 Å². The second-order valence-corrected chi connectivity index (χ2v) is 5.78. The van der Waals surface area contributed by atoms with Gasteiger partial charge in [-0.15, -0.1) is 0 Å². The Bertz CT molecular complexity index is 502. The van der Waals surface area contributed by atoms with Gasteiger partial charge in [-0.1, -0.05) is 6.07 Å². The van der Waals surface area contributed by atoms with Crippen LogP contribution in [0.25, 0.3) is 0 Å². The number of aliphatic hydroxyl groups is 1. The minimum atomic E-state index is -0.425. The highest BCUT2D eigenvalue weighted by Crippen LogP contribution is 2.15. The molecule has 2 rings (SSSR count). The summed E-state index contributed by atoms with van der Waals surface area (Å²) in [5.74, 6) is -0.676. The summed E-state index contributed by atoms with van der Waals surface area (Å²) in [6, 6.07) is 4.63. The molecule has 0 unspecified atom stereocenters. The first-order valence-corrected chi connectivity index (χ1v) is 7.72. The van der Waals surface area contributed by atoms with Crippen LogP contribution in [-0.2, 0) is 4.79 Å². The third kappa shape index (κ3) is 5.36. The summed E-state index contributed by atoms with van der Waals surface area (Å²) < 4.78 is 13.5. The predicted octanol–water partition coefficient (Wildman–Crippen LogP) is 1.12. The molecule has 1 aliphatic rings. The van der Waals surface area contributed by atoms with Gasteiger partial charge in [-0.2, -0.15) is 0 Å². The molecule has 1 amide bonds. The van der Waals surface area contributed by atoms with Gasteiger partial charge in [0.2, 0.25) is 5.91 Å². The average molecular weight is 309 g/mol. The zero-order valence-corrected chi connectivity index (χ0v) is 12.9. The van der Waals surface area contributed by atoms with E-state index in [1.54, 1.807) is 12.1 Å². The van der Waals surface area contributed by atoms with Crippen molar-refractivity contribution in [3.63, 3.8) is 0 Å². The van der Waals surface area contributed by atoms with Crippen molar-refractivity contribution in [2.75, 3.05) is 38.0 Å². The molecule has 1 heterocycles. The van der Waals surface area contributed by atoms with Crippen LogP contribution in [0.15, 0.2) is 18.2 Å². The normalized spacial score (nSPS) is 16.7. The lowest BCUT2D eigenvalue weighted by atomic mass is 10.1. The number of nitrogens with one attached hydrogen (secondary N) is 2. The number of halogens is 1. The fourth-order valence-electron chi connectivity index (χ4n) is 2.51. The molecule has 0 bridgehead atoms. The number of piperidine rings is 1. The number of carbonyl (C=O) groups is 1. The van der Waals surface area contributed by atoms with E-state index >= 15 is 0 Å². The van der Waals surface area contributed by atoms with Crippen molar-refractivity contribution in [2.45, 2.75) is 25.9 Å². The van der Waals surface area contributed by atoms with Gasteiger partial charge in [0.1, 0.15) is 5.82 Å². The van der Waals surface area contributed by atoms with Crippen LogP contribution >= 0.6 is 0 Å². The number of hydrogen-bond donors (Lipinski definition) is 3. The lowest BCUT2D eigenvalue weighted by Gasteiger charge is -2.29. The molecule has 3 N–H and O–H groups in total. The monoisotopic (exact) mass is 309 g/mol. The largest absolute Gasteiger partial charge is 0.393 e. The lowest BCUT2D eigenvalue weighted by molar-refractivity contribution is -0.115. The zero-order valence-electron chi connectivity index (χ0n) is 12.9. The van der Waals surface area contributed by atoms with Crippen LogP contribution in [-0.4, -0.2) is 54.7 Å². The van der Waals surface area contributed by atoms with E-state index in [0.717, 1.165) is 38.0 Å². The molecule has 1 aromatic carbocycles. The Morgan fingerprint density at radius 2 is 2.14 bits per heavy atom. The molecule has 0 saturated carbocycles. The quantitative estimate of drug-likeness (QED) is 0.689. The van der Waals surface area contributed by atoms with Crippen LogP contribution in [0.3, 0.4) is 0 Å². The highest BCUT2D eigenvalue weighted by Gasteiger charge is 2.16. The van der Waals surface area contributed by atoms with E-state index in [1.807, 2.05) is 6.92 Å². The molecule has 0 aliphatic carbocycles. The number of hydrogen-bond acceptors (Lipinski definition) is 4. The van der Waals surface area contributed by atoms with Crippen molar-refractivity contribution in [1.82, 2.24) is 10.2 Å². The van der Waals surface area contributed by atoms with Gasteiger partial charge < -0.3 is 20.6 Å². The zero-order chi connectivity index (χ0) is 15.9. The van der Waals surface area contributed by atoms with Gasteiger partial charge in [0.25, 0.3) is 0 Å². The third-order valence-corrected chi connectivity index (χ3v) is 3.84. The molecule has 22 heavy (non-hydrogen) atoms. The second kappa shape index (κ2) is 8.22. The molecule has 0 atom stereocenters. The number of benzene rings is 1. The molecule has 1 aromatic rings. The maximum absolute atomic E-state index is 13.5. The van der Waals surface area contributed by atoms with Crippen LogP contribution in [0.1, 0.15) is 18.4 Å². The number of likely N-dealkylation sites (tertiary alicyclic amines) is 1. The number of aryl methyl sites for hydroxylation is 1. The molecule has 0 aromatic heterocycles. The summed E-state index contributed by atoms with van der Waals surface area (Å²) in [4.78, 5) is 14.0. The molecule has 1 fully saturated rings. The van der Waals surface area contributed by atoms with E-state index in [4.69, 9.17) is 0 Å². The Morgan fingerprint density at radius 1 is 1.41 bits per heavy atom. The first kappa shape index (κ1) is 16.9. The molecule has 1 aliphatic heterocycles. The second-order valence-electron chi connectivity index (χ2n) is 5.78. The number of nitrogens with zero attached hydrogens (tertiary/aromatic N) is 1. The van der Waals surface area contributed by atoms with E-state index in [0.29, 0.717) is 6.54 Å². The molecule has 0 radical (unpaired) electrons. The summed E-state index contributed by atoms with van der Waals surface area (Å²) in [5.41, 5.74) is 1.12. The SMILES string of the molecule is Cc1ccc(F)c(NC(=O)CNCCN2CCC(O)CC2)c1. The molecule has 6 heteroatoms. The van der Waals surface area contributed by atoms with Gasteiger partial charge in [-0.3, -0.25) is 4.79 Å². The van der Waals surface area contributed by atoms with Crippen LogP contribution in [0.5, 0.6) is 0 Å². The van der Waals surface area contributed by atoms with Gasteiger partial charge in [0.15, 0.2) is 0 Å². The maximum atomic E-state index is 13.5. The van der Waals surface area contributed by atoms with Gasteiger partial charge >= 0.3 is 0 Å². The molecular weight excluding hydrogens is 285 g/mol. The highest BCUT2D eigenvalue weighted by atomic mass is 19.1. The third-order valence-electron chi connectivity index (χ3n) is 3.84. The Kier molecular flexibility index (Phi) is 6.30. The van der Waals surface area contributed by atoms with E-state index in [-0.39, 0.29) is 24.2 Å². The van der Waals surface area contributed by atoms with Gasteiger partial charge in [0, 0.05) is 26.2 Å². The smallest absolute Gasteiger partial charge is 0.238 e. The van der Waals surface area contributed by atoms with E-state index in [9.17, 15) is 14.3 Å². The van der Waals surface area contributed by atoms with Crippen molar-refractivity contribution in [2.24, 2.45) is 0 Å². The van der Waals surface area contributed by atoms with Crippen molar-refractivity contribution < 1.29 is 14.3 Å². The minimum absolute atomic E-state index is 0.157. The van der Waals surface area contributed by atoms with E-state index in [1.165, 1.54) is 6.07 Å². The first-order chi connectivity index (χ1) is 10.5. The number of amides is 1. The van der Waals surface area contributed by atoms with Crippen LogP contribution in [0.4, 0.5) is 10.1 Å². The standard InChI is InChI=1S/C16H24FN3O2/c1-12-2-3-14(17)15(10-12)19-16(22)11-18-6-9-20-7-4-13(21)5-8-20/h2-3,10,13,18,21H,4-9,11H2,1H3,(H,19,22). The fraction of sp³-hybridized carbons (Fsp3) is 0.562. The van der Waals surface area contributed by atoms with Crippen molar-refractivity contribution in [3.8, 4) is 0 Å². The minimum Gasteiger partial charge on any atom is -0.393 e. The van der Waals surface area contributed by atoms with Crippen molar-refractivity contribution in [1.29, 1.82) is 0 Å². The Labute approximate surface area is 130 Å². The summed E-state index contributed by atoms with van der Waals surface area (Å²) in [7, 11) is 0. The first-order valence-electron chi connectivity index (χ1n) is 7.72. The van der Waals surface area contributed by atoms with E-state index < -0.39 is 5.82 Å². The number of aliphatic hydroxyl groups excluding tert-OH is 1. The number of carbonyl (C=O) groups excluding carboxylic acids is 1. The average Bonchev–Trinajstić information content (AvgIpc) is 2.49. The summed E-state index contributed by atoms with van der Waals surface area (Å²) in [6.07, 6.45) is 1.46. The van der Waals surface area contributed by atoms with Gasteiger partial charge in [-0.05, 0) is 37.5 Å². The van der Waals surface area contributed by atoms with Crippen LogP contribution in [0.2, 0.25) is 0 Å². The summed E-state index contributed by atoms with van der Waals surface area (Å²) in [6.45, 7) is 5.33. The molecular formula is C16H24FN3O2. The highest BCUT2D eigenvalue weighted by molar-refractivity contribution is 5.92. The maximum Gasteiger partial charge on any atom is 0.238 e. The number of rotatable bonds is 6. The number of anilines is 1. The van der Waals surface area contributed by atoms with Crippen LogP contribution < -0.4 is 10.6 Å². The van der Waals surface area contributed by atoms with Crippen LogP contribution in [0, 0.1) is 12.7 Å². The predicted molar refractivity (Wildman–Crippen MR) is 84.3 cm³/mol. The molecule has 1 saturated heterocycles. The topological polar surface area (TPSA) is 64.6 Å². The lowest BCUT2D eigenvalue weighted by Crippen LogP contribution is -2.41. The Hall–Kier alpha value is -1.50. The fourth-order valence-corrected chi connectivity index (χ4v) is 2.51. The van der Waals surface area contributed by atoms with Gasteiger partial charge in [0.05, 0.1) is 18.3 Å². The Balaban J connectivity index is 1.64.